The Kier molecular flexibility index (Phi) is 8.03. The summed E-state index contributed by atoms with van der Waals surface area (Å²) in [6.07, 6.45) is 4.68. The molecular formula is C27H27N3O4. The van der Waals surface area contributed by atoms with Crippen molar-refractivity contribution >= 4 is 27.8 Å². The van der Waals surface area contributed by atoms with Gasteiger partial charge in [-0.1, -0.05) is 43.0 Å². The van der Waals surface area contributed by atoms with Crippen molar-refractivity contribution in [1.29, 1.82) is 0 Å². The third-order valence-corrected chi connectivity index (χ3v) is 5.34. The van der Waals surface area contributed by atoms with Crippen LogP contribution < -0.4 is 9.47 Å². The van der Waals surface area contributed by atoms with Crippen LogP contribution in [0.15, 0.2) is 85.7 Å². The monoisotopic (exact) mass is 457 g/mol. The predicted molar refractivity (Wildman–Crippen MR) is 132 cm³/mol. The molecule has 0 atom stereocenters. The average molecular weight is 458 g/mol. The molecule has 0 aliphatic rings. The van der Waals surface area contributed by atoms with Gasteiger partial charge in [0, 0.05) is 48.9 Å². The number of carbonyl (C=O) groups is 1. The number of esters is 1. The van der Waals surface area contributed by atoms with Gasteiger partial charge in [0.1, 0.15) is 42.4 Å². The summed E-state index contributed by atoms with van der Waals surface area (Å²) in [6.45, 7) is 6.42. The molecule has 34 heavy (non-hydrogen) atoms. The van der Waals surface area contributed by atoms with Crippen LogP contribution in [0.3, 0.4) is 0 Å². The Morgan fingerprint density at radius 3 is 1.79 bits per heavy atom. The maximum atomic E-state index is 11.4. The molecule has 2 aromatic heterocycles. The second-order valence-electron chi connectivity index (χ2n) is 7.57. The summed E-state index contributed by atoms with van der Waals surface area (Å²) in [5, 5.41) is 2.07. The number of pyridine rings is 2. The van der Waals surface area contributed by atoms with Crippen molar-refractivity contribution in [3.05, 3.63) is 85.7 Å². The van der Waals surface area contributed by atoms with Crippen LogP contribution in [0.25, 0.3) is 21.8 Å². The van der Waals surface area contributed by atoms with E-state index in [0.29, 0.717) is 32.8 Å². The van der Waals surface area contributed by atoms with E-state index in [2.05, 4.69) is 21.4 Å². The average Bonchev–Trinajstić information content (AvgIpc) is 2.88. The molecule has 4 rings (SSSR count). The van der Waals surface area contributed by atoms with Crippen LogP contribution in [0.4, 0.5) is 0 Å². The lowest BCUT2D eigenvalue weighted by Crippen LogP contribution is -2.35. The van der Waals surface area contributed by atoms with Crippen molar-refractivity contribution in [1.82, 2.24) is 14.9 Å². The molecule has 2 heterocycles. The third-order valence-electron chi connectivity index (χ3n) is 5.34. The fourth-order valence-electron chi connectivity index (χ4n) is 3.62. The van der Waals surface area contributed by atoms with Crippen LogP contribution in [-0.4, -0.2) is 60.3 Å². The number of carbonyl (C=O) groups excluding carboxylic acids is 1. The number of hydrogen-bond acceptors (Lipinski definition) is 7. The first-order valence-corrected chi connectivity index (χ1v) is 11.2. The molecule has 7 nitrogen and oxygen atoms in total. The molecule has 0 fully saturated rings. The van der Waals surface area contributed by atoms with E-state index in [1.807, 2.05) is 60.7 Å². The van der Waals surface area contributed by atoms with E-state index in [-0.39, 0.29) is 6.61 Å². The van der Waals surface area contributed by atoms with Gasteiger partial charge in [0.05, 0.1) is 0 Å². The molecule has 0 saturated heterocycles. The maximum Gasteiger partial charge on any atom is 0.330 e. The van der Waals surface area contributed by atoms with Gasteiger partial charge >= 0.3 is 5.97 Å². The fourth-order valence-corrected chi connectivity index (χ4v) is 3.62. The molecule has 0 bridgehead atoms. The van der Waals surface area contributed by atoms with Gasteiger partial charge in [-0.25, -0.2) is 4.79 Å². The summed E-state index contributed by atoms with van der Waals surface area (Å²) in [5.74, 6) is 1.06. The Morgan fingerprint density at radius 2 is 1.26 bits per heavy atom. The van der Waals surface area contributed by atoms with Crippen molar-refractivity contribution in [2.45, 2.75) is 0 Å². The normalized spacial score (nSPS) is 11.0. The van der Waals surface area contributed by atoms with Crippen molar-refractivity contribution in [2.75, 3.05) is 39.5 Å². The van der Waals surface area contributed by atoms with Crippen LogP contribution in [0, 0.1) is 0 Å². The van der Waals surface area contributed by atoms with Gasteiger partial charge in [0.2, 0.25) is 0 Å². The molecule has 7 heteroatoms. The highest BCUT2D eigenvalue weighted by Crippen LogP contribution is 2.24. The molecule has 174 valence electrons. The minimum Gasteiger partial charge on any atom is -0.490 e. The van der Waals surface area contributed by atoms with Gasteiger partial charge in [-0.15, -0.1) is 0 Å². The van der Waals surface area contributed by atoms with Gasteiger partial charge < -0.3 is 14.2 Å². The summed E-state index contributed by atoms with van der Waals surface area (Å²) >= 11 is 0. The van der Waals surface area contributed by atoms with Crippen LogP contribution in [-0.2, 0) is 9.53 Å². The van der Waals surface area contributed by atoms with E-state index in [9.17, 15) is 4.79 Å². The lowest BCUT2D eigenvalue weighted by Gasteiger charge is -2.22. The maximum absolute atomic E-state index is 11.4. The van der Waals surface area contributed by atoms with E-state index in [1.165, 1.54) is 0 Å². The quantitative estimate of drug-likeness (QED) is 0.232. The Labute approximate surface area is 198 Å². The zero-order valence-corrected chi connectivity index (χ0v) is 18.9. The van der Waals surface area contributed by atoms with E-state index in [4.69, 9.17) is 14.2 Å². The third kappa shape index (κ3) is 6.08. The van der Waals surface area contributed by atoms with E-state index in [1.54, 1.807) is 12.4 Å². The lowest BCUT2D eigenvalue weighted by molar-refractivity contribution is -0.138. The highest BCUT2D eigenvalue weighted by Gasteiger charge is 2.10. The summed E-state index contributed by atoms with van der Waals surface area (Å²) in [4.78, 5) is 22.4. The largest absolute Gasteiger partial charge is 0.490 e. The van der Waals surface area contributed by atoms with E-state index >= 15 is 0 Å². The smallest absolute Gasteiger partial charge is 0.330 e. The summed E-state index contributed by atoms with van der Waals surface area (Å²) in [5.41, 5.74) is 1.67. The minimum atomic E-state index is -0.434. The molecule has 2 aromatic carbocycles. The fraction of sp³-hybridized carbons (Fsp3) is 0.222. The van der Waals surface area contributed by atoms with E-state index < -0.39 is 5.97 Å². The zero-order valence-electron chi connectivity index (χ0n) is 18.9. The number of fused-ring (bicyclic) bond motifs is 2. The van der Waals surface area contributed by atoms with Gasteiger partial charge in [0.15, 0.2) is 0 Å². The van der Waals surface area contributed by atoms with Gasteiger partial charge in [-0.05, 0) is 24.3 Å². The number of ether oxygens (including phenoxy) is 3. The van der Waals surface area contributed by atoms with Crippen LogP contribution in [0.2, 0.25) is 0 Å². The molecule has 0 amide bonds. The number of rotatable bonds is 12. The number of aromatic nitrogens is 2. The van der Waals surface area contributed by atoms with Crippen LogP contribution in [0.1, 0.15) is 0 Å². The standard InChI is InChI=1S/C27H27N3O4/c1-2-25(31)34-20-17-30(15-18-32-23-11-3-7-21-9-5-13-28-26(21)23)16-19-33-24-12-4-8-22-10-6-14-29-27(22)24/h2-14H,1,15-20H2. The first kappa shape index (κ1) is 23.2. The zero-order chi connectivity index (χ0) is 23.6. The highest BCUT2D eigenvalue weighted by molar-refractivity contribution is 5.84. The number of para-hydroxylation sites is 2. The van der Waals surface area contributed by atoms with Gasteiger partial charge in [-0.2, -0.15) is 0 Å². The molecule has 0 saturated carbocycles. The summed E-state index contributed by atoms with van der Waals surface area (Å²) < 4.78 is 17.2. The second kappa shape index (κ2) is 11.8. The number of hydrogen-bond donors (Lipinski definition) is 0. The molecule has 0 aliphatic carbocycles. The van der Waals surface area contributed by atoms with Crippen LogP contribution >= 0.6 is 0 Å². The summed E-state index contributed by atoms with van der Waals surface area (Å²) in [6, 6.07) is 19.6. The first-order chi connectivity index (χ1) is 16.7. The molecule has 4 aromatic rings. The second-order valence-corrected chi connectivity index (χ2v) is 7.57. The van der Waals surface area contributed by atoms with Gasteiger partial charge in [-0.3, -0.25) is 14.9 Å². The Morgan fingerprint density at radius 1 is 0.765 bits per heavy atom. The molecule has 0 spiro atoms. The van der Waals surface area contributed by atoms with Crippen molar-refractivity contribution in [2.24, 2.45) is 0 Å². The Bertz CT molecular complexity index is 1170. The highest BCUT2D eigenvalue weighted by atomic mass is 16.5. The molecular weight excluding hydrogens is 430 g/mol. The Balaban J connectivity index is 1.35. The van der Waals surface area contributed by atoms with Crippen molar-refractivity contribution in [3.63, 3.8) is 0 Å². The van der Waals surface area contributed by atoms with Crippen molar-refractivity contribution in [3.8, 4) is 11.5 Å². The van der Waals surface area contributed by atoms with Gasteiger partial charge in [0.25, 0.3) is 0 Å². The lowest BCUT2D eigenvalue weighted by atomic mass is 10.2. The molecule has 0 radical (unpaired) electrons. The number of benzene rings is 2. The minimum absolute atomic E-state index is 0.260. The topological polar surface area (TPSA) is 73.8 Å². The molecule has 0 N–H and O–H groups in total. The predicted octanol–water partition coefficient (Wildman–Crippen LogP) is 4.27. The molecule has 0 unspecified atom stereocenters. The first-order valence-electron chi connectivity index (χ1n) is 11.2. The Hall–Kier alpha value is -3.97. The van der Waals surface area contributed by atoms with E-state index in [0.717, 1.165) is 39.4 Å². The molecule has 0 aliphatic heterocycles. The van der Waals surface area contributed by atoms with Crippen molar-refractivity contribution < 1.29 is 19.0 Å². The van der Waals surface area contributed by atoms with Crippen LogP contribution in [0.5, 0.6) is 11.5 Å². The summed E-state index contributed by atoms with van der Waals surface area (Å²) in [7, 11) is 0. The number of nitrogens with zero attached hydrogens (tertiary/aromatic N) is 3. The SMILES string of the molecule is C=CC(=O)OCCN(CCOc1cccc2cccnc12)CCOc1cccc2cccnc12.